The van der Waals surface area contributed by atoms with Crippen molar-refractivity contribution in [3.8, 4) is 0 Å². The fourth-order valence-corrected chi connectivity index (χ4v) is 3.38. The molecule has 0 radical (unpaired) electrons. The van der Waals surface area contributed by atoms with Gasteiger partial charge in [-0.2, -0.15) is 0 Å². The average Bonchev–Trinajstić information content (AvgIpc) is 2.54. The lowest BCUT2D eigenvalue weighted by molar-refractivity contribution is -0.117. The van der Waals surface area contributed by atoms with Crippen LogP contribution in [0.5, 0.6) is 0 Å². The van der Waals surface area contributed by atoms with Crippen molar-refractivity contribution in [1.82, 2.24) is 0 Å². The second-order valence-corrected chi connectivity index (χ2v) is 6.25. The highest BCUT2D eigenvalue weighted by atomic mass is 79.9. The summed E-state index contributed by atoms with van der Waals surface area (Å²) in [6, 6.07) is 5.49. The van der Waals surface area contributed by atoms with Crippen LogP contribution in [0, 0.1) is 0 Å². The number of hydrogen-bond donors (Lipinski definition) is 1. The Morgan fingerprint density at radius 2 is 2.23 bits per heavy atom. The predicted octanol–water partition coefficient (Wildman–Crippen LogP) is 3.07. The summed E-state index contributed by atoms with van der Waals surface area (Å²) in [5.41, 5.74) is 10.3. The Bertz CT molecular complexity index is 626. The first kappa shape index (κ1) is 15.1. The van der Waals surface area contributed by atoms with E-state index in [9.17, 15) is 4.79 Å². The van der Waals surface area contributed by atoms with Gasteiger partial charge < -0.3 is 15.0 Å². The number of benzene rings is 1. The van der Waals surface area contributed by atoms with Crippen LogP contribution in [0.4, 0.5) is 11.4 Å². The van der Waals surface area contributed by atoms with E-state index in [1.54, 1.807) is 0 Å². The zero-order valence-corrected chi connectivity index (χ0v) is 13.5. The predicted molar refractivity (Wildman–Crippen MR) is 86.9 cm³/mol. The van der Waals surface area contributed by atoms with Crippen molar-refractivity contribution < 1.29 is 9.53 Å². The van der Waals surface area contributed by atoms with E-state index in [-0.39, 0.29) is 18.5 Å². The first-order valence-electron chi connectivity index (χ1n) is 7.18. The molecule has 22 heavy (non-hydrogen) atoms. The molecule has 0 unspecified atom stereocenters. The Morgan fingerprint density at radius 1 is 1.45 bits per heavy atom. The van der Waals surface area contributed by atoms with Gasteiger partial charge in [-0.15, -0.1) is 0 Å². The van der Waals surface area contributed by atoms with Crippen molar-refractivity contribution in [2.45, 2.75) is 24.9 Å². The van der Waals surface area contributed by atoms with Gasteiger partial charge in [-0.3, -0.25) is 4.79 Å². The number of nitrogens with zero attached hydrogens (tertiary/aromatic N) is 4. The number of carbonyl (C=O) groups is 1. The van der Waals surface area contributed by atoms with Crippen molar-refractivity contribution in [2.24, 2.45) is 5.11 Å². The minimum absolute atomic E-state index is 0.117. The lowest BCUT2D eigenvalue weighted by atomic mass is 9.99. The third-order valence-corrected chi connectivity index (χ3v) is 4.53. The third-order valence-electron chi connectivity index (χ3n) is 4.04. The van der Waals surface area contributed by atoms with Crippen LogP contribution in [-0.4, -0.2) is 37.7 Å². The van der Waals surface area contributed by atoms with E-state index >= 15 is 0 Å². The minimum atomic E-state index is -0.485. The Balaban J connectivity index is 2.02. The van der Waals surface area contributed by atoms with E-state index in [1.807, 2.05) is 18.2 Å². The third kappa shape index (κ3) is 2.90. The Kier molecular flexibility index (Phi) is 4.52. The Morgan fingerprint density at radius 3 is 2.95 bits per heavy atom. The van der Waals surface area contributed by atoms with E-state index in [0.717, 1.165) is 28.7 Å². The zero-order chi connectivity index (χ0) is 15.5. The molecule has 1 atom stereocenters. The number of rotatable bonds is 3. The summed E-state index contributed by atoms with van der Waals surface area (Å²) in [6.45, 7) is 1.48. The monoisotopic (exact) mass is 365 g/mol. The van der Waals surface area contributed by atoms with Gasteiger partial charge in [0.1, 0.15) is 6.04 Å². The van der Waals surface area contributed by atoms with E-state index in [1.165, 1.54) is 0 Å². The van der Waals surface area contributed by atoms with Crippen LogP contribution in [-0.2, 0) is 9.53 Å². The highest BCUT2D eigenvalue weighted by Gasteiger charge is 2.37. The van der Waals surface area contributed by atoms with Gasteiger partial charge in [0.15, 0.2) is 0 Å². The normalized spacial score (nSPS) is 21.8. The van der Waals surface area contributed by atoms with Gasteiger partial charge in [-0.25, -0.2) is 0 Å². The number of amides is 1. The van der Waals surface area contributed by atoms with Gasteiger partial charge in [0, 0.05) is 28.6 Å². The van der Waals surface area contributed by atoms with Gasteiger partial charge in [-0.05, 0) is 36.6 Å². The summed E-state index contributed by atoms with van der Waals surface area (Å²) in [5, 5.41) is 6.52. The fraction of sp³-hybridized carbons (Fsp3) is 0.500. The highest BCUT2D eigenvalue weighted by Crippen LogP contribution is 2.37. The number of hydrogen-bond acceptors (Lipinski definition) is 4. The maximum atomic E-state index is 12.4. The molecule has 1 fully saturated rings. The molecule has 116 valence electrons. The number of fused-ring (bicyclic) bond motifs is 1. The van der Waals surface area contributed by atoms with Gasteiger partial charge in [0.05, 0.1) is 17.9 Å². The Labute approximate surface area is 136 Å². The maximum Gasteiger partial charge on any atom is 0.247 e. The molecule has 7 nitrogen and oxygen atoms in total. The van der Waals surface area contributed by atoms with E-state index < -0.39 is 6.04 Å². The lowest BCUT2D eigenvalue weighted by Crippen LogP contribution is -2.55. The SMILES string of the molecule is [N-]=[N+]=NC[C@@H]1C(=O)Nc2ccc(Br)cc2N1C1CCOCC1. The summed E-state index contributed by atoms with van der Waals surface area (Å²) < 4.78 is 6.37. The largest absolute Gasteiger partial charge is 0.381 e. The first-order chi connectivity index (χ1) is 10.7. The average molecular weight is 366 g/mol. The smallest absolute Gasteiger partial charge is 0.247 e. The van der Waals surface area contributed by atoms with Gasteiger partial charge in [-0.1, -0.05) is 21.0 Å². The molecule has 0 spiro atoms. The van der Waals surface area contributed by atoms with Crippen molar-refractivity contribution in [2.75, 3.05) is 30.0 Å². The van der Waals surface area contributed by atoms with E-state index in [4.69, 9.17) is 10.3 Å². The molecule has 2 aliphatic heterocycles. The highest BCUT2D eigenvalue weighted by molar-refractivity contribution is 9.10. The summed E-state index contributed by atoms with van der Waals surface area (Å²) in [6.07, 6.45) is 1.71. The molecular weight excluding hydrogens is 350 g/mol. The van der Waals surface area contributed by atoms with Gasteiger partial charge in [0.25, 0.3) is 0 Å². The summed E-state index contributed by atoms with van der Waals surface area (Å²) in [7, 11) is 0. The minimum Gasteiger partial charge on any atom is -0.381 e. The van der Waals surface area contributed by atoms with Crippen molar-refractivity contribution in [3.63, 3.8) is 0 Å². The van der Waals surface area contributed by atoms with Crippen molar-refractivity contribution in [1.29, 1.82) is 0 Å². The number of anilines is 2. The maximum absolute atomic E-state index is 12.4. The molecule has 0 aliphatic carbocycles. The Hall–Kier alpha value is -1.76. The molecule has 2 aliphatic rings. The summed E-state index contributed by atoms with van der Waals surface area (Å²) in [4.78, 5) is 17.3. The molecule has 3 rings (SSSR count). The van der Waals surface area contributed by atoms with E-state index in [0.29, 0.717) is 13.2 Å². The second kappa shape index (κ2) is 6.56. The molecule has 1 aromatic carbocycles. The molecule has 2 heterocycles. The molecule has 1 aromatic rings. The molecule has 1 amide bonds. The molecule has 0 aromatic heterocycles. The molecule has 8 heteroatoms. The van der Waals surface area contributed by atoms with Crippen LogP contribution in [0.25, 0.3) is 10.4 Å². The lowest BCUT2D eigenvalue weighted by Gasteiger charge is -2.44. The molecular formula is C14H16BrN5O2. The van der Waals surface area contributed by atoms with Crippen LogP contribution in [0.2, 0.25) is 0 Å². The van der Waals surface area contributed by atoms with Crippen LogP contribution >= 0.6 is 15.9 Å². The van der Waals surface area contributed by atoms with Crippen LogP contribution in [0.1, 0.15) is 12.8 Å². The van der Waals surface area contributed by atoms with Crippen molar-refractivity contribution >= 4 is 33.2 Å². The summed E-state index contributed by atoms with van der Waals surface area (Å²) >= 11 is 3.48. The van der Waals surface area contributed by atoms with Crippen LogP contribution < -0.4 is 10.2 Å². The number of azide groups is 1. The van der Waals surface area contributed by atoms with E-state index in [2.05, 4.69) is 36.2 Å². The number of nitrogens with one attached hydrogen (secondary N) is 1. The molecule has 1 saturated heterocycles. The fourth-order valence-electron chi connectivity index (χ4n) is 3.03. The number of halogens is 1. The quantitative estimate of drug-likeness (QED) is 0.506. The molecule has 1 N–H and O–H groups in total. The number of ether oxygens (including phenoxy) is 1. The van der Waals surface area contributed by atoms with Gasteiger partial charge >= 0.3 is 0 Å². The standard InChI is InChI=1S/C14H16BrN5O2/c15-9-1-2-11-12(7-9)20(10-3-5-22-6-4-10)13(8-17-19-16)14(21)18-11/h1-2,7,10,13H,3-6,8H2,(H,18,21)/t13-/m1/s1. The van der Waals surface area contributed by atoms with Crippen molar-refractivity contribution in [3.05, 3.63) is 33.1 Å². The molecule has 0 bridgehead atoms. The first-order valence-corrected chi connectivity index (χ1v) is 7.97. The summed E-state index contributed by atoms with van der Waals surface area (Å²) in [5.74, 6) is -0.131. The number of carbonyl (C=O) groups excluding carboxylic acids is 1. The topological polar surface area (TPSA) is 90.3 Å². The van der Waals surface area contributed by atoms with Crippen LogP contribution in [0.3, 0.4) is 0 Å². The second-order valence-electron chi connectivity index (χ2n) is 5.33. The van der Waals surface area contributed by atoms with Crippen LogP contribution in [0.15, 0.2) is 27.8 Å². The molecule has 0 saturated carbocycles. The zero-order valence-electron chi connectivity index (χ0n) is 11.9. The van der Waals surface area contributed by atoms with Gasteiger partial charge in [0.2, 0.25) is 5.91 Å².